The van der Waals surface area contributed by atoms with Crippen LogP contribution in [0.3, 0.4) is 0 Å². The van der Waals surface area contributed by atoms with Gasteiger partial charge in [-0.1, -0.05) is 80.1 Å². The van der Waals surface area contributed by atoms with Crippen molar-refractivity contribution in [3.63, 3.8) is 0 Å². The maximum absolute atomic E-state index is 13.7. The first-order valence-corrected chi connectivity index (χ1v) is 35.1. The molecule has 0 aromatic carbocycles. The number of ether oxygens (including phenoxy) is 12. The van der Waals surface area contributed by atoms with Crippen LogP contribution in [-0.2, 0) is 110 Å². The van der Waals surface area contributed by atoms with E-state index < -0.39 is 109 Å². The van der Waals surface area contributed by atoms with Crippen LogP contribution in [-0.4, -0.2) is 191 Å². The molecule has 97 heavy (non-hydrogen) atoms. The topological polar surface area (TPSA) is 367 Å². The molecule has 0 bridgehead atoms. The van der Waals surface area contributed by atoms with E-state index in [1.54, 1.807) is 0 Å². The van der Waals surface area contributed by atoms with E-state index in [1.807, 2.05) is 41.5 Å². The first-order chi connectivity index (χ1) is 46.0. The Labute approximate surface area is 573 Å². The number of hydrogen-bond donors (Lipinski definition) is 5. The highest BCUT2D eigenvalue weighted by Crippen LogP contribution is 2.37. The average Bonchev–Trinajstić information content (AvgIpc) is 0.826. The lowest BCUT2D eigenvalue weighted by Gasteiger charge is -2.43. The molecule has 28 heteroatoms. The van der Waals surface area contributed by atoms with E-state index in [-0.39, 0.29) is 131 Å². The van der Waals surface area contributed by atoms with Crippen molar-refractivity contribution in [3.05, 3.63) is 0 Å². The fraction of sp³-hybridized carbons (Fsp3) is 0.841. The van der Waals surface area contributed by atoms with Crippen molar-refractivity contribution in [1.82, 2.24) is 21.3 Å². The molecule has 0 aliphatic carbocycles. The number of carbonyl (C=O) groups is 11. The number of carbonyl (C=O) groups excluding carboxylic acids is 10. The number of carboxylic acid groups (broad SMARTS) is 1. The molecule has 3 aliphatic heterocycles. The van der Waals surface area contributed by atoms with E-state index in [2.05, 4.69) is 21.3 Å². The molecule has 3 fully saturated rings. The number of carboxylic acids is 1. The van der Waals surface area contributed by atoms with Gasteiger partial charge in [0.25, 0.3) is 0 Å². The lowest BCUT2D eigenvalue weighted by Crippen LogP contribution is -2.53. The van der Waals surface area contributed by atoms with E-state index in [9.17, 15) is 57.8 Å². The summed E-state index contributed by atoms with van der Waals surface area (Å²) in [5, 5.41) is 21.3. The van der Waals surface area contributed by atoms with Gasteiger partial charge in [-0.2, -0.15) is 0 Å². The summed E-state index contributed by atoms with van der Waals surface area (Å²) in [6, 6.07) is 0. The smallest absolute Gasteiger partial charge is 0.303 e. The molecule has 15 atom stereocenters. The molecule has 3 aliphatic rings. The number of nitrogens with one attached hydrogen (secondary N) is 4. The van der Waals surface area contributed by atoms with Gasteiger partial charge >= 0.3 is 41.8 Å². The van der Waals surface area contributed by atoms with Crippen LogP contribution >= 0.6 is 0 Å². The fourth-order valence-corrected chi connectivity index (χ4v) is 12.1. The molecule has 0 aromatic rings. The van der Waals surface area contributed by atoms with Gasteiger partial charge in [0.15, 0.2) is 18.9 Å². The van der Waals surface area contributed by atoms with Crippen LogP contribution in [0.5, 0.6) is 0 Å². The second kappa shape index (κ2) is 46.3. The minimum atomic E-state index is -1.20. The summed E-state index contributed by atoms with van der Waals surface area (Å²) in [4.78, 5) is 136. The van der Waals surface area contributed by atoms with E-state index in [4.69, 9.17) is 56.8 Å². The third-order valence-corrected chi connectivity index (χ3v) is 18.3. The second-order valence-electron chi connectivity index (χ2n) is 26.4. The van der Waals surface area contributed by atoms with E-state index >= 15 is 0 Å². The number of rotatable bonds is 47. The Kier molecular flexibility index (Phi) is 40.7. The highest BCUT2D eigenvalue weighted by molar-refractivity contribution is 5.80. The van der Waals surface area contributed by atoms with Crippen LogP contribution < -0.4 is 21.3 Å². The van der Waals surface area contributed by atoms with Gasteiger partial charge in [-0.3, -0.25) is 52.7 Å². The number of unbranched alkanes of at least 4 members (excludes halogenated alkanes) is 9. The standard InChI is InChI=1S/C69H116N4O24/c1-43-46(4)66(95-55(40-89-49(7)74)63(43)92-52(10)77)86-37-22-16-13-19-34-70-58(80)28-31-69(73-61(83)26-25-27-62(84)85,32-29-59(81)71-35-20-14-17-23-38-87-67-47(5)44(2)64(93-53(11)78)56(96-67)41-90-50(8)75)33-30-60(82)72-36-21-15-18-24-39-88-68-48(6)45(3)65(94-54(12)79)57(97-68)42-91-51(9)76/h43-48,55-57,63-68H,13-42H2,1-12H3,(H,70,80)(H,71,81)(H,72,82)(H,73,83)(H,84,85). The Balaban J connectivity index is 1.59. The van der Waals surface area contributed by atoms with E-state index in [0.29, 0.717) is 78.0 Å². The molecule has 0 saturated carbocycles. The largest absolute Gasteiger partial charge is 0.481 e. The molecule has 15 unspecified atom stereocenters. The zero-order valence-corrected chi connectivity index (χ0v) is 59.7. The summed E-state index contributed by atoms with van der Waals surface area (Å²) < 4.78 is 69.0. The molecule has 5 N–H and O–H groups in total. The van der Waals surface area contributed by atoms with Crippen molar-refractivity contribution in [2.75, 3.05) is 59.3 Å². The van der Waals surface area contributed by atoms with Crippen molar-refractivity contribution >= 4 is 65.4 Å². The van der Waals surface area contributed by atoms with Gasteiger partial charge in [-0.05, 0) is 64.2 Å². The number of hydrogen-bond acceptors (Lipinski definition) is 23. The zero-order valence-electron chi connectivity index (χ0n) is 59.7. The Morgan fingerprint density at radius 2 is 0.639 bits per heavy atom. The van der Waals surface area contributed by atoms with Gasteiger partial charge in [-0.15, -0.1) is 0 Å². The van der Waals surface area contributed by atoms with Gasteiger partial charge in [0, 0.05) is 154 Å². The van der Waals surface area contributed by atoms with E-state index in [1.165, 1.54) is 41.5 Å². The van der Waals surface area contributed by atoms with Gasteiger partial charge in [0.05, 0.1) is 0 Å². The molecule has 556 valence electrons. The molecule has 3 rings (SSSR count). The quantitative estimate of drug-likeness (QED) is 0.0233. The molecular formula is C69H116N4O24. The van der Waals surface area contributed by atoms with Gasteiger partial charge in [0.2, 0.25) is 23.6 Å². The minimum absolute atomic E-state index is 0.0440. The maximum Gasteiger partial charge on any atom is 0.303 e. The highest BCUT2D eigenvalue weighted by Gasteiger charge is 2.47. The normalized spacial score (nSPS) is 26.0. The van der Waals surface area contributed by atoms with Gasteiger partial charge in [0.1, 0.15) is 56.4 Å². The number of aliphatic carboxylic acids is 1. The van der Waals surface area contributed by atoms with Gasteiger partial charge < -0.3 is 83.2 Å². The van der Waals surface area contributed by atoms with Gasteiger partial charge in [-0.25, -0.2) is 0 Å². The number of esters is 6. The lowest BCUT2D eigenvalue weighted by atomic mass is 9.82. The van der Waals surface area contributed by atoms with Crippen LogP contribution in [0.4, 0.5) is 0 Å². The predicted octanol–water partition coefficient (Wildman–Crippen LogP) is 6.99. The first kappa shape index (κ1) is 85.2. The number of amides is 4. The summed E-state index contributed by atoms with van der Waals surface area (Å²) >= 11 is 0. The molecule has 3 heterocycles. The Morgan fingerprint density at radius 3 is 0.907 bits per heavy atom. The van der Waals surface area contributed by atoms with Crippen LogP contribution in [0.25, 0.3) is 0 Å². The van der Waals surface area contributed by atoms with Crippen molar-refractivity contribution in [2.45, 2.75) is 279 Å². The Bertz CT molecular complexity index is 2220. The summed E-state index contributed by atoms with van der Waals surface area (Å²) in [5.74, 6) is -6.04. The summed E-state index contributed by atoms with van der Waals surface area (Å²) in [6.07, 6.45) is 2.76. The molecule has 0 spiro atoms. The van der Waals surface area contributed by atoms with E-state index in [0.717, 1.165) is 38.5 Å². The highest BCUT2D eigenvalue weighted by atomic mass is 16.7. The summed E-state index contributed by atoms with van der Waals surface area (Å²) in [7, 11) is 0. The first-order valence-electron chi connectivity index (χ1n) is 35.1. The van der Waals surface area contributed by atoms with Crippen molar-refractivity contribution in [3.8, 4) is 0 Å². The predicted molar refractivity (Wildman–Crippen MR) is 350 cm³/mol. The molecule has 3 saturated heterocycles. The fourth-order valence-electron chi connectivity index (χ4n) is 12.1. The third kappa shape index (κ3) is 34.0. The van der Waals surface area contributed by atoms with Crippen LogP contribution in [0.2, 0.25) is 0 Å². The zero-order chi connectivity index (χ0) is 72.0. The molecular weight excluding hydrogens is 1270 g/mol. The SMILES string of the molecule is CC(=O)OCC1OC(OCCCCCCNC(=O)CCC(CCC(=O)NCCCCCCOC2OC(COC(C)=O)C(OC(C)=O)C(C)C2C)(CCC(=O)NCCCCCCOC2OC(COC(C)=O)C(OC(C)=O)C(C)C2C)NC(=O)CCCC(=O)O)C(C)C(C)C1OC(C)=O. The van der Waals surface area contributed by atoms with Crippen LogP contribution in [0, 0.1) is 35.5 Å². The monoisotopic (exact) mass is 1380 g/mol. The minimum Gasteiger partial charge on any atom is -0.481 e. The van der Waals surface area contributed by atoms with Crippen molar-refractivity contribution < 1.29 is 115 Å². The second-order valence-corrected chi connectivity index (χ2v) is 26.4. The molecule has 0 aromatic heterocycles. The average molecular weight is 1390 g/mol. The van der Waals surface area contributed by atoms with Crippen molar-refractivity contribution in [1.29, 1.82) is 0 Å². The Hall–Kier alpha value is -6.07. The van der Waals surface area contributed by atoms with Crippen LogP contribution in [0.15, 0.2) is 0 Å². The lowest BCUT2D eigenvalue weighted by molar-refractivity contribution is -0.273. The molecule has 0 radical (unpaired) electrons. The van der Waals surface area contributed by atoms with Crippen molar-refractivity contribution in [2.24, 2.45) is 35.5 Å². The molecule has 4 amide bonds. The summed E-state index contributed by atoms with van der Waals surface area (Å²) in [6.45, 7) is 21.5. The Morgan fingerprint density at radius 1 is 0.351 bits per heavy atom. The van der Waals surface area contributed by atoms with Crippen LogP contribution in [0.1, 0.15) is 218 Å². The third-order valence-electron chi connectivity index (χ3n) is 18.3. The summed E-state index contributed by atoms with van der Waals surface area (Å²) in [5.41, 5.74) is -1.20. The molecule has 28 nitrogen and oxygen atoms in total. The maximum atomic E-state index is 13.7.